The molecule has 104 valence electrons. The lowest BCUT2D eigenvalue weighted by atomic mass is 10.2. The monoisotopic (exact) mass is 332 g/mol. The molecule has 1 heterocycles. The molecule has 1 N–H and O–H groups in total. The molecule has 1 aliphatic carbocycles. The lowest BCUT2D eigenvalue weighted by Crippen LogP contribution is -2.16. The van der Waals surface area contributed by atoms with Gasteiger partial charge in [0.25, 0.3) is 0 Å². The molecule has 0 spiro atoms. The largest absolute Gasteiger partial charge is 0.439 e. The van der Waals surface area contributed by atoms with Gasteiger partial charge in [-0.1, -0.05) is 22.0 Å². The molecule has 0 saturated heterocycles. The van der Waals surface area contributed by atoms with Crippen molar-refractivity contribution >= 4 is 15.9 Å². The van der Waals surface area contributed by atoms with E-state index in [0.717, 1.165) is 28.0 Å². The summed E-state index contributed by atoms with van der Waals surface area (Å²) in [5, 5.41) is 3.46. The van der Waals surface area contributed by atoms with Gasteiger partial charge in [0.05, 0.1) is 5.69 Å². The standard InChI is InChI=1S/C16H17BrN2O/c1-11-9-12(17)5-8-15(11)20-16-4-2-3-14(19-16)10-18-13-6-7-13/h2-5,8-9,13,18H,6-7,10H2,1H3. The Morgan fingerprint density at radius 3 is 2.90 bits per heavy atom. The third-order valence-electron chi connectivity index (χ3n) is 3.28. The number of nitrogens with one attached hydrogen (secondary N) is 1. The summed E-state index contributed by atoms with van der Waals surface area (Å²) in [4.78, 5) is 4.53. The van der Waals surface area contributed by atoms with Gasteiger partial charge in [-0.3, -0.25) is 0 Å². The van der Waals surface area contributed by atoms with Crippen molar-refractivity contribution < 1.29 is 4.74 Å². The van der Waals surface area contributed by atoms with Crippen LogP contribution in [-0.4, -0.2) is 11.0 Å². The molecule has 1 aromatic carbocycles. The van der Waals surface area contributed by atoms with Crippen molar-refractivity contribution in [3.05, 3.63) is 52.1 Å². The molecule has 0 amide bonds. The van der Waals surface area contributed by atoms with Gasteiger partial charge in [0.1, 0.15) is 5.75 Å². The van der Waals surface area contributed by atoms with Gasteiger partial charge in [-0.25, -0.2) is 4.98 Å². The highest BCUT2D eigenvalue weighted by atomic mass is 79.9. The first-order chi connectivity index (χ1) is 9.70. The van der Waals surface area contributed by atoms with E-state index < -0.39 is 0 Å². The number of nitrogens with zero attached hydrogens (tertiary/aromatic N) is 1. The number of aryl methyl sites for hydroxylation is 1. The van der Waals surface area contributed by atoms with Crippen LogP contribution in [0.5, 0.6) is 11.6 Å². The van der Waals surface area contributed by atoms with Crippen molar-refractivity contribution in [2.45, 2.75) is 32.4 Å². The molecule has 2 aromatic rings. The molecule has 0 unspecified atom stereocenters. The highest BCUT2D eigenvalue weighted by molar-refractivity contribution is 9.10. The molecule has 0 bridgehead atoms. The molecule has 20 heavy (non-hydrogen) atoms. The van der Waals surface area contributed by atoms with Gasteiger partial charge in [-0.2, -0.15) is 0 Å². The zero-order chi connectivity index (χ0) is 13.9. The number of hydrogen-bond acceptors (Lipinski definition) is 3. The highest BCUT2D eigenvalue weighted by Gasteiger charge is 2.20. The molecule has 0 atom stereocenters. The molecule has 1 aliphatic rings. The topological polar surface area (TPSA) is 34.1 Å². The summed E-state index contributed by atoms with van der Waals surface area (Å²) in [7, 11) is 0. The molecule has 3 nitrogen and oxygen atoms in total. The second-order valence-electron chi connectivity index (χ2n) is 5.13. The first-order valence-corrected chi connectivity index (χ1v) is 7.63. The summed E-state index contributed by atoms with van der Waals surface area (Å²) < 4.78 is 6.92. The quantitative estimate of drug-likeness (QED) is 0.891. The van der Waals surface area contributed by atoms with Crippen LogP contribution in [0.15, 0.2) is 40.9 Å². The maximum absolute atomic E-state index is 5.87. The SMILES string of the molecule is Cc1cc(Br)ccc1Oc1cccc(CNC2CC2)n1. The van der Waals surface area contributed by atoms with Crippen molar-refractivity contribution in [1.29, 1.82) is 0 Å². The van der Waals surface area contributed by atoms with Crippen molar-refractivity contribution in [3.8, 4) is 11.6 Å². The average molecular weight is 333 g/mol. The highest BCUT2D eigenvalue weighted by Crippen LogP contribution is 2.26. The number of pyridine rings is 1. The van der Waals surface area contributed by atoms with E-state index in [1.807, 2.05) is 43.3 Å². The first-order valence-electron chi connectivity index (χ1n) is 6.84. The molecule has 0 radical (unpaired) electrons. The molecular formula is C16H17BrN2O. The van der Waals surface area contributed by atoms with Crippen LogP contribution >= 0.6 is 15.9 Å². The summed E-state index contributed by atoms with van der Waals surface area (Å²) in [5.74, 6) is 1.48. The van der Waals surface area contributed by atoms with E-state index >= 15 is 0 Å². The van der Waals surface area contributed by atoms with Gasteiger partial charge < -0.3 is 10.1 Å². The van der Waals surface area contributed by atoms with E-state index in [1.165, 1.54) is 12.8 Å². The third kappa shape index (κ3) is 3.58. The van der Waals surface area contributed by atoms with Crippen molar-refractivity contribution in [1.82, 2.24) is 10.3 Å². The molecule has 0 aliphatic heterocycles. The number of halogens is 1. The number of hydrogen-bond donors (Lipinski definition) is 1. The predicted molar refractivity (Wildman–Crippen MR) is 83.1 cm³/mol. The summed E-state index contributed by atoms with van der Waals surface area (Å²) in [6.07, 6.45) is 2.57. The Labute approximate surface area is 127 Å². The van der Waals surface area contributed by atoms with Crippen LogP contribution in [0.2, 0.25) is 0 Å². The van der Waals surface area contributed by atoms with E-state index in [4.69, 9.17) is 4.74 Å². The smallest absolute Gasteiger partial charge is 0.219 e. The maximum Gasteiger partial charge on any atom is 0.219 e. The van der Waals surface area contributed by atoms with Crippen molar-refractivity contribution in [2.75, 3.05) is 0 Å². The van der Waals surface area contributed by atoms with Gasteiger partial charge in [0.15, 0.2) is 0 Å². The lowest BCUT2D eigenvalue weighted by Gasteiger charge is -2.09. The maximum atomic E-state index is 5.87. The number of ether oxygens (including phenoxy) is 1. The fourth-order valence-corrected chi connectivity index (χ4v) is 2.46. The van der Waals surface area contributed by atoms with Crippen molar-refractivity contribution in [3.63, 3.8) is 0 Å². The van der Waals surface area contributed by atoms with Crippen LogP contribution in [0.4, 0.5) is 0 Å². The fraction of sp³-hybridized carbons (Fsp3) is 0.312. The number of rotatable bonds is 5. The third-order valence-corrected chi connectivity index (χ3v) is 3.78. The molecule has 3 rings (SSSR count). The first kappa shape index (κ1) is 13.6. The van der Waals surface area contributed by atoms with Gasteiger partial charge in [-0.05, 0) is 49.6 Å². The minimum absolute atomic E-state index is 0.644. The van der Waals surface area contributed by atoms with Crippen LogP contribution in [-0.2, 0) is 6.54 Å². The molecular weight excluding hydrogens is 316 g/mol. The average Bonchev–Trinajstić information content (AvgIpc) is 3.24. The second kappa shape index (κ2) is 5.94. The minimum atomic E-state index is 0.644. The van der Waals surface area contributed by atoms with Gasteiger partial charge in [-0.15, -0.1) is 0 Å². The fourth-order valence-electron chi connectivity index (χ4n) is 1.99. The summed E-state index contributed by atoms with van der Waals surface area (Å²) >= 11 is 3.45. The Hall–Kier alpha value is -1.39. The van der Waals surface area contributed by atoms with Crippen LogP contribution in [0.3, 0.4) is 0 Å². The van der Waals surface area contributed by atoms with E-state index in [0.29, 0.717) is 11.9 Å². The van der Waals surface area contributed by atoms with E-state index in [2.05, 4.69) is 26.2 Å². The second-order valence-corrected chi connectivity index (χ2v) is 6.05. The van der Waals surface area contributed by atoms with E-state index in [9.17, 15) is 0 Å². The zero-order valence-corrected chi connectivity index (χ0v) is 13.0. The summed E-state index contributed by atoms with van der Waals surface area (Å²) in [5.41, 5.74) is 2.10. The Kier molecular flexibility index (Phi) is 4.03. The Morgan fingerprint density at radius 1 is 1.30 bits per heavy atom. The Bertz CT molecular complexity index is 611. The normalized spacial score (nSPS) is 14.3. The molecule has 1 fully saturated rings. The van der Waals surface area contributed by atoms with Gasteiger partial charge >= 0.3 is 0 Å². The lowest BCUT2D eigenvalue weighted by molar-refractivity contribution is 0.456. The molecule has 1 saturated carbocycles. The minimum Gasteiger partial charge on any atom is -0.439 e. The predicted octanol–water partition coefficient (Wildman–Crippen LogP) is 4.20. The Morgan fingerprint density at radius 2 is 2.15 bits per heavy atom. The van der Waals surface area contributed by atoms with Crippen molar-refractivity contribution in [2.24, 2.45) is 0 Å². The van der Waals surface area contributed by atoms with Crippen LogP contribution in [0.25, 0.3) is 0 Å². The number of aromatic nitrogens is 1. The van der Waals surface area contributed by atoms with Crippen LogP contribution < -0.4 is 10.1 Å². The zero-order valence-electron chi connectivity index (χ0n) is 11.4. The molecule has 1 aromatic heterocycles. The van der Waals surface area contributed by atoms with Crippen LogP contribution in [0.1, 0.15) is 24.1 Å². The van der Waals surface area contributed by atoms with Gasteiger partial charge in [0.2, 0.25) is 5.88 Å². The van der Waals surface area contributed by atoms with E-state index in [-0.39, 0.29) is 0 Å². The number of benzene rings is 1. The summed E-state index contributed by atoms with van der Waals surface area (Å²) in [6, 6.07) is 12.6. The van der Waals surface area contributed by atoms with Gasteiger partial charge in [0, 0.05) is 23.1 Å². The summed E-state index contributed by atoms with van der Waals surface area (Å²) in [6.45, 7) is 2.83. The van der Waals surface area contributed by atoms with Crippen LogP contribution in [0, 0.1) is 6.92 Å². The van der Waals surface area contributed by atoms with E-state index in [1.54, 1.807) is 0 Å². The Balaban J connectivity index is 1.70. The molecule has 4 heteroatoms.